The first-order chi connectivity index (χ1) is 7.38. The molecule has 0 spiro atoms. The first-order valence-electron chi connectivity index (χ1n) is 6.42. The largest absolute Gasteiger partial charge is 0.271 e. The molecule has 1 saturated heterocycles. The predicted octanol–water partition coefficient (Wildman–Crippen LogP) is 2.54. The molecule has 2 fully saturated rings. The number of nitrogens with one attached hydrogen (secondary N) is 1. The Morgan fingerprint density at radius 3 is 2.13 bits per heavy atom. The van der Waals surface area contributed by atoms with Crippen molar-refractivity contribution >= 4 is 11.8 Å². The monoisotopic (exact) mass is 228 g/mol. The highest BCUT2D eigenvalue weighted by molar-refractivity contribution is 7.99. The second-order valence-corrected chi connectivity index (χ2v) is 6.41. The van der Waals surface area contributed by atoms with Crippen LogP contribution in [0.3, 0.4) is 0 Å². The Morgan fingerprint density at radius 1 is 1.07 bits per heavy atom. The molecule has 0 aromatic heterocycles. The van der Waals surface area contributed by atoms with Crippen LogP contribution < -0.4 is 11.3 Å². The fourth-order valence-electron chi connectivity index (χ4n) is 2.75. The highest BCUT2D eigenvalue weighted by atomic mass is 32.2. The number of thioether (sulfide) groups is 1. The second-order valence-electron chi connectivity index (χ2n) is 5.19. The van der Waals surface area contributed by atoms with Crippen molar-refractivity contribution in [3.05, 3.63) is 0 Å². The molecule has 1 unspecified atom stereocenters. The molecule has 15 heavy (non-hydrogen) atoms. The molecule has 2 rings (SSSR count). The predicted molar refractivity (Wildman–Crippen MR) is 67.7 cm³/mol. The van der Waals surface area contributed by atoms with Crippen molar-refractivity contribution in [1.29, 1.82) is 0 Å². The Morgan fingerprint density at radius 2 is 1.67 bits per heavy atom. The highest BCUT2D eigenvalue weighted by Gasteiger charge is 2.24. The third-order valence-electron chi connectivity index (χ3n) is 4.04. The van der Waals surface area contributed by atoms with Crippen LogP contribution in [0.1, 0.15) is 44.9 Å². The number of hydrazine groups is 1. The minimum Gasteiger partial charge on any atom is -0.271 e. The Labute approximate surface area is 97.7 Å². The zero-order valence-electron chi connectivity index (χ0n) is 9.58. The summed E-state index contributed by atoms with van der Waals surface area (Å²) in [5.41, 5.74) is 3.04. The summed E-state index contributed by atoms with van der Waals surface area (Å²) in [5.74, 6) is 10.3. The van der Waals surface area contributed by atoms with Gasteiger partial charge in [-0.1, -0.05) is 19.3 Å². The van der Waals surface area contributed by atoms with Crippen LogP contribution in [0.25, 0.3) is 0 Å². The van der Waals surface area contributed by atoms with Gasteiger partial charge in [-0.2, -0.15) is 11.8 Å². The van der Waals surface area contributed by atoms with Crippen LogP contribution in [0.15, 0.2) is 0 Å². The lowest BCUT2D eigenvalue weighted by Crippen LogP contribution is -2.39. The van der Waals surface area contributed by atoms with Gasteiger partial charge in [0.2, 0.25) is 0 Å². The zero-order chi connectivity index (χ0) is 10.5. The lowest BCUT2D eigenvalue weighted by Gasteiger charge is -2.32. The summed E-state index contributed by atoms with van der Waals surface area (Å²) in [6.45, 7) is 0. The zero-order valence-corrected chi connectivity index (χ0v) is 10.4. The molecule has 0 radical (unpaired) electrons. The number of hydrogen-bond acceptors (Lipinski definition) is 3. The van der Waals surface area contributed by atoms with Crippen molar-refractivity contribution in [1.82, 2.24) is 5.43 Å². The first-order valence-corrected chi connectivity index (χ1v) is 7.58. The molecule has 0 amide bonds. The SMILES string of the molecule is NNC(CC1CCC1)CC1CCSCC1. The van der Waals surface area contributed by atoms with E-state index in [0.717, 1.165) is 11.8 Å². The smallest absolute Gasteiger partial charge is 0.0215 e. The fourth-order valence-corrected chi connectivity index (χ4v) is 3.95. The molecule has 1 heterocycles. The Kier molecular flexibility index (Phi) is 4.79. The van der Waals surface area contributed by atoms with Gasteiger partial charge >= 0.3 is 0 Å². The average Bonchev–Trinajstić information content (AvgIpc) is 2.23. The maximum atomic E-state index is 5.66. The normalized spacial score (nSPS) is 26.2. The maximum absolute atomic E-state index is 5.66. The number of nitrogens with two attached hydrogens (primary N) is 1. The van der Waals surface area contributed by atoms with Gasteiger partial charge in [-0.05, 0) is 49.0 Å². The van der Waals surface area contributed by atoms with E-state index in [0.29, 0.717) is 6.04 Å². The van der Waals surface area contributed by atoms with E-state index in [1.165, 1.54) is 56.5 Å². The highest BCUT2D eigenvalue weighted by Crippen LogP contribution is 2.33. The van der Waals surface area contributed by atoms with E-state index in [9.17, 15) is 0 Å². The van der Waals surface area contributed by atoms with Gasteiger partial charge < -0.3 is 0 Å². The van der Waals surface area contributed by atoms with E-state index in [-0.39, 0.29) is 0 Å². The van der Waals surface area contributed by atoms with E-state index in [4.69, 9.17) is 5.84 Å². The number of rotatable bonds is 5. The minimum absolute atomic E-state index is 0.586. The van der Waals surface area contributed by atoms with Crippen LogP contribution >= 0.6 is 11.8 Å². The summed E-state index contributed by atoms with van der Waals surface area (Å²) in [4.78, 5) is 0. The average molecular weight is 228 g/mol. The Bertz CT molecular complexity index is 176. The molecule has 0 aromatic carbocycles. The molecule has 2 aliphatic rings. The second kappa shape index (κ2) is 6.12. The molecule has 3 N–H and O–H groups in total. The molecule has 1 aliphatic heterocycles. The quantitative estimate of drug-likeness (QED) is 0.561. The number of hydrogen-bond donors (Lipinski definition) is 2. The van der Waals surface area contributed by atoms with Gasteiger partial charge in [-0.3, -0.25) is 11.3 Å². The Hall–Kier alpha value is 0.270. The van der Waals surface area contributed by atoms with Gasteiger partial charge in [0.25, 0.3) is 0 Å². The van der Waals surface area contributed by atoms with Crippen molar-refractivity contribution < 1.29 is 0 Å². The van der Waals surface area contributed by atoms with Gasteiger partial charge in [0.15, 0.2) is 0 Å². The third kappa shape index (κ3) is 3.65. The van der Waals surface area contributed by atoms with Crippen LogP contribution in [0.4, 0.5) is 0 Å². The topological polar surface area (TPSA) is 38.0 Å². The molecule has 3 heteroatoms. The van der Waals surface area contributed by atoms with Crippen molar-refractivity contribution in [2.75, 3.05) is 11.5 Å². The molecule has 1 saturated carbocycles. The van der Waals surface area contributed by atoms with Crippen LogP contribution in [0.2, 0.25) is 0 Å². The van der Waals surface area contributed by atoms with Crippen molar-refractivity contribution in [3.8, 4) is 0 Å². The molecule has 0 bridgehead atoms. The summed E-state index contributed by atoms with van der Waals surface area (Å²) < 4.78 is 0. The Balaban J connectivity index is 1.68. The van der Waals surface area contributed by atoms with E-state index < -0.39 is 0 Å². The lowest BCUT2D eigenvalue weighted by atomic mass is 9.79. The molecule has 1 atom stereocenters. The molecule has 2 nitrogen and oxygen atoms in total. The summed E-state index contributed by atoms with van der Waals surface area (Å²) >= 11 is 2.11. The van der Waals surface area contributed by atoms with E-state index in [2.05, 4.69) is 17.2 Å². The van der Waals surface area contributed by atoms with Crippen molar-refractivity contribution in [2.24, 2.45) is 17.7 Å². The molecular weight excluding hydrogens is 204 g/mol. The lowest BCUT2D eigenvalue weighted by molar-refractivity contribution is 0.237. The summed E-state index contributed by atoms with van der Waals surface area (Å²) in [7, 11) is 0. The molecule has 0 aromatic rings. The van der Waals surface area contributed by atoms with E-state index >= 15 is 0 Å². The van der Waals surface area contributed by atoms with E-state index in [1.54, 1.807) is 0 Å². The van der Waals surface area contributed by atoms with Crippen molar-refractivity contribution in [3.63, 3.8) is 0 Å². The first kappa shape index (κ1) is 11.7. The molecule has 88 valence electrons. The summed E-state index contributed by atoms with van der Waals surface area (Å²) in [6, 6.07) is 0.586. The van der Waals surface area contributed by atoms with Gasteiger partial charge in [0, 0.05) is 6.04 Å². The van der Waals surface area contributed by atoms with Gasteiger partial charge in [0.1, 0.15) is 0 Å². The van der Waals surface area contributed by atoms with Crippen LogP contribution in [0.5, 0.6) is 0 Å². The molecular formula is C12H24N2S. The van der Waals surface area contributed by atoms with E-state index in [1.807, 2.05) is 0 Å². The van der Waals surface area contributed by atoms with Gasteiger partial charge in [0.05, 0.1) is 0 Å². The van der Waals surface area contributed by atoms with Crippen LogP contribution in [0, 0.1) is 11.8 Å². The summed E-state index contributed by atoms with van der Waals surface area (Å²) in [6.07, 6.45) is 9.79. The van der Waals surface area contributed by atoms with Crippen molar-refractivity contribution in [2.45, 2.75) is 51.0 Å². The fraction of sp³-hybridized carbons (Fsp3) is 1.00. The standard InChI is InChI=1S/C12H24N2S/c13-14-12(8-10-2-1-3-10)9-11-4-6-15-7-5-11/h10-12,14H,1-9,13H2. The van der Waals surface area contributed by atoms with Crippen LogP contribution in [-0.2, 0) is 0 Å². The summed E-state index contributed by atoms with van der Waals surface area (Å²) in [5, 5.41) is 0. The van der Waals surface area contributed by atoms with Crippen LogP contribution in [-0.4, -0.2) is 17.5 Å². The van der Waals surface area contributed by atoms with Gasteiger partial charge in [-0.15, -0.1) is 0 Å². The minimum atomic E-state index is 0.586. The molecule has 1 aliphatic carbocycles. The third-order valence-corrected chi connectivity index (χ3v) is 5.09. The van der Waals surface area contributed by atoms with Gasteiger partial charge in [-0.25, -0.2) is 0 Å². The maximum Gasteiger partial charge on any atom is 0.0215 e.